The molecule has 2 heterocycles. The molecule has 0 unspecified atom stereocenters. The summed E-state index contributed by atoms with van der Waals surface area (Å²) in [6.45, 7) is 0.670. The number of aromatic nitrogens is 2. The van der Waals surface area contributed by atoms with Crippen LogP contribution in [0, 0.1) is 5.82 Å². The lowest BCUT2D eigenvalue weighted by Crippen LogP contribution is -2.36. The second-order valence-corrected chi connectivity index (χ2v) is 5.14. The van der Waals surface area contributed by atoms with E-state index in [9.17, 15) is 9.18 Å². The first-order valence-corrected chi connectivity index (χ1v) is 7.18. The highest BCUT2D eigenvalue weighted by atomic mass is 19.1. The van der Waals surface area contributed by atoms with Gasteiger partial charge >= 0.3 is 0 Å². The van der Waals surface area contributed by atoms with E-state index < -0.39 is 0 Å². The summed E-state index contributed by atoms with van der Waals surface area (Å²) < 4.78 is 18.8. The molecular weight excluding hydrogens is 285 g/mol. The van der Waals surface area contributed by atoms with Crippen molar-refractivity contribution in [3.05, 3.63) is 59.9 Å². The third-order valence-electron chi connectivity index (χ3n) is 3.65. The van der Waals surface area contributed by atoms with E-state index in [1.165, 1.54) is 30.7 Å². The van der Waals surface area contributed by atoms with Crippen LogP contribution in [0.1, 0.15) is 34.9 Å². The van der Waals surface area contributed by atoms with Gasteiger partial charge in [-0.15, -0.1) is 0 Å². The minimum Gasteiger partial charge on any atom is -0.376 e. The van der Waals surface area contributed by atoms with Gasteiger partial charge in [-0.25, -0.2) is 9.37 Å². The van der Waals surface area contributed by atoms with Crippen molar-refractivity contribution in [2.45, 2.75) is 25.0 Å². The van der Waals surface area contributed by atoms with E-state index in [1.807, 2.05) is 0 Å². The van der Waals surface area contributed by atoms with Gasteiger partial charge in [-0.05, 0) is 30.5 Å². The average molecular weight is 301 g/mol. The van der Waals surface area contributed by atoms with Crippen molar-refractivity contribution in [2.24, 2.45) is 0 Å². The first-order valence-electron chi connectivity index (χ1n) is 7.18. The molecule has 0 radical (unpaired) electrons. The fourth-order valence-corrected chi connectivity index (χ4v) is 2.56. The molecule has 0 spiro atoms. The lowest BCUT2D eigenvalue weighted by atomic mass is 9.99. The molecule has 2 aromatic rings. The second-order valence-electron chi connectivity index (χ2n) is 5.14. The van der Waals surface area contributed by atoms with Crippen LogP contribution in [0.3, 0.4) is 0 Å². The molecular formula is C16H16FN3O2. The third-order valence-corrected chi connectivity index (χ3v) is 3.65. The zero-order valence-electron chi connectivity index (χ0n) is 11.9. The second kappa shape index (κ2) is 6.62. The van der Waals surface area contributed by atoms with E-state index in [0.29, 0.717) is 6.61 Å². The maximum atomic E-state index is 13.1. The number of ether oxygens (including phenoxy) is 1. The Kier molecular flexibility index (Phi) is 4.39. The highest BCUT2D eigenvalue weighted by Crippen LogP contribution is 2.27. The van der Waals surface area contributed by atoms with E-state index in [2.05, 4.69) is 15.3 Å². The van der Waals surface area contributed by atoms with Gasteiger partial charge in [0.05, 0.1) is 18.3 Å². The van der Waals surface area contributed by atoms with Gasteiger partial charge < -0.3 is 10.1 Å². The Morgan fingerprint density at radius 2 is 2.14 bits per heavy atom. The normalized spacial score (nSPS) is 18.9. The number of benzene rings is 1. The first kappa shape index (κ1) is 14.6. The summed E-state index contributed by atoms with van der Waals surface area (Å²) in [6, 6.07) is 5.76. The third kappa shape index (κ3) is 3.28. The summed E-state index contributed by atoms with van der Waals surface area (Å²) in [5.74, 6) is -0.631. The molecule has 1 fully saturated rings. The molecule has 114 valence electrons. The van der Waals surface area contributed by atoms with E-state index in [1.54, 1.807) is 12.1 Å². The fourth-order valence-electron chi connectivity index (χ4n) is 2.56. The monoisotopic (exact) mass is 301 g/mol. The van der Waals surface area contributed by atoms with E-state index in [0.717, 1.165) is 18.4 Å². The lowest BCUT2D eigenvalue weighted by Gasteiger charge is -2.24. The first-order chi connectivity index (χ1) is 10.7. The number of nitrogens with zero attached hydrogens (tertiary/aromatic N) is 2. The summed E-state index contributed by atoms with van der Waals surface area (Å²) in [5.41, 5.74) is 1.05. The molecule has 1 N–H and O–H groups in total. The minimum atomic E-state index is -0.336. The number of hydrogen-bond donors (Lipinski definition) is 1. The Morgan fingerprint density at radius 1 is 1.32 bits per heavy atom. The SMILES string of the molecule is O=C(N[C@H](c1ccc(F)cc1)[C@H]1CCCO1)c1cnccn1. The Morgan fingerprint density at radius 3 is 2.77 bits per heavy atom. The molecule has 0 aliphatic carbocycles. The summed E-state index contributed by atoms with van der Waals surface area (Å²) in [7, 11) is 0. The number of rotatable bonds is 4. The number of nitrogens with one attached hydrogen (secondary N) is 1. The standard InChI is InChI=1S/C16H16FN3O2/c17-12-5-3-11(4-6-12)15(14-2-1-9-22-14)20-16(21)13-10-18-7-8-19-13/h3-8,10,14-15H,1-2,9H2,(H,20,21)/t14-,15-/m1/s1. The largest absolute Gasteiger partial charge is 0.376 e. The summed E-state index contributed by atoms with van der Waals surface area (Å²) >= 11 is 0. The van der Waals surface area contributed by atoms with Crippen LogP contribution in [-0.2, 0) is 4.74 Å². The molecule has 1 aromatic heterocycles. The maximum absolute atomic E-state index is 13.1. The Balaban J connectivity index is 1.82. The predicted octanol–water partition coefficient (Wildman–Crippen LogP) is 2.27. The summed E-state index contributed by atoms with van der Waals surface area (Å²) in [4.78, 5) is 20.2. The number of amides is 1. The van der Waals surface area contributed by atoms with Crippen LogP contribution in [0.25, 0.3) is 0 Å². The topological polar surface area (TPSA) is 64.1 Å². The highest BCUT2D eigenvalue weighted by Gasteiger charge is 2.29. The van der Waals surface area contributed by atoms with Gasteiger partial charge in [-0.1, -0.05) is 12.1 Å². The predicted molar refractivity (Wildman–Crippen MR) is 77.6 cm³/mol. The van der Waals surface area contributed by atoms with Gasteiger partial charge in [-0.2, -0.15) is 0 Å². The van der Waals surface area contributed by atoms with Gasteiger partial charge in [0.15, 0.2) is 0 Å². The highest BCUT2D eigenvalue weighted by molar-refractivity contribution is 5.92. The fraction of sp³-hybridized carbons (Fsp3) is 0.312. The average Bonchev–Trinajstić information content (AvgIpc) is 3.08. The quantitative estimate of drug-likeness (QED) is 0.941. The number of halogens is 1. The summed E-state index contributed by atoms with van der Waals surface area (Å²) in [6.07, 6.45) is 6.06. The van der Waals surface area contributed by atoms with Crippen molar-refractivity contribution in [3.8, 4) is 0 Å². The zero-order chi connectivity index (χ0) is 15.4. The van der Waals surface area contributed by atoms with Gasteiger partial charge in [0.1, 0.15) is 11.5 Å². The molecule has 0 saturated carbocycles. The Hall–Kier alpha value is -2.34. The van der Waals surface area contributed by atoms with Gasteiger partial charge in [-0.3, -0.25) is 9.78 Å². The van der Waals surface area contributed by atoms with Crippen LogP contribution in [0.5, 0.6) is 0 Å². The van der Waals surface area contributed by atoms with Crippen LogP contribution in [0.2, 0.25) is 0 Å². The Labute approximate surface area is 127 Å². The van der Waals surface area contributed by atoms with Crippen molar-refractivity contribution in [1.82, 2.24) is 15.3 Å². The van der Waals surface area contributed by atoms with Crippen LogP contribution >= 0.6 is 0 Å². The van der Waals surface area contributed by atoms with Crippen LogP contribution < -0.4 is 5.32 Å². The van der Waals surface area contributed by atoms with Crippen LogP contribution in [0.15, 0.2) is 42.9 Å². The maximum Gasteiger partial charge on any atom is 0.272 e. The molecule has 22 heavy (non-hydrogen) atoms. The van der Waals surface area contributed by atoms with Crippen molar-refractivity contribution in [1.29, 1.82) is 0 Å². The number of hydrogen-bond acceptors (Lipinski definition) is 4. The molecule has 1 aliphatic rings. The molecule has 1 aromatic carbocycles. The van der Waals surface area contributed by atoms with E-state index in [4.69, 9.17) is 4.74 Å². The van der Waals surface area contributed by atoms with Gasteiger partial charge in [0, 0.05) is 19.0 Å². The minimum absolute atomic E-state index is 0.119. The molecule has 1 amide bonds. The molecule has 1 saturated heterocycles. The van der Waals surface area contributed by atoms with Crippen LogP contribution in [-0.4, -0.2) is 28.6 Å². The summed E-state index contributed by atoms with van der Waals surface area (Å²) in [5, 5.41) is 2.92. The van der Waals surface area contributed by atoms with Crippen molar-refractivity contribution < 1.29 is 13.9 Å². The van der Waals surface area contributed by atoms with E-state index >= 15 is 0 Å². The zero-order valence-corrected chi connectivity index (χ0v) is 11.9. The van der Waals surface area contributed by atoms with Crippen molar-refractivity contribution in [2.75, 3.05) is 6.61 Å². The lowest BCUT2D eigenvalue weighted by molar-refractivity contribution is 0.0669. The molecule has 3 rings (SSSR count). The molecule has 1 aliphatic heterocycles. The smallest absolute Gasteiger partial charge is 0.272 e. The van der Waals surface area contributed by atoms with Crippen LogP contribution in [0.4, 0.5) is 4.39 Å². The van der Waals surface area contributed by atoms with Crippen molar-refractivity contribution >= 4 is 5.91 Å². The Bertz CT molecular complexity index is 628. The van der Waals surface area contributed by atoms with Gasteiger partial charge in [0.25, 0.3) is 5.91 Å². The van der Waals surface area contributed by atoms with Crippen molar-refractivity contribution in [3.63, 3.8) is 0 Å². The number of carbonyl (C=O) groups excluding carboxylic acids is 1. The molecule has 6 heteroatoms. The molecule has 0 bridgehead atoms. The molecule has 5 nitrogen and oxygen atoms in total. The number of carbonyl (C=O) groups is 1. The van der Waals surface area contributed by atoms with Gasteiger partial charge in [0.2, 0.25) is 0 Å². The molecule has 2 atom stereocenters. The van der Waals surface area contributed by atoms with E-state index in [-0.39, 0.29) is 29.6 Å².